The van der Waals surface area contributed by atoms with Crippen LogP contribution in [0.3, 0.4) is 0 Å². The van der Waals surface area contributed by atoms with Gasteiger partial charge in [-0.2, -0.15) is 0 Å². The van der Waals surface area contributed by atoms with Crippen molar-refractivity contribution in [3.8, 4) is 0 Å². The van der Waals surface area contributed by atoms with Crippen LogP contribution in [-0.2, 0) is 0 Å². The minimum absolute atomic E-state index is 0.0317. The smallest absolute Gasteiger partial charge is 0.0843 e. The molecule has 1 aromatic heterocycles. The Morgan fingerprint density at radius 3 is 2.28 bits per heavy atom. The summed E-state index contributed by atoms with van der Waals surface area (Å²) in [5, 5.41) is 2.11. The van der Waals surface area contributed by atoms with Crippen LogP contribution in [0.2, 0.25) is 0 Å². The van der Waals surface area contributed by atoms with E-state index >= 15 is 0 Å². The topological polar surface area (TPSA) is 0 Å². The Hall–Kier alpha value is -0.0600. The first-order chi connectivity index (χ1) is 8.61. The van der Waals surface area contributed by atoms with Crippen molar-refractivity contribution >= 4 is 45.5 Å². The normalized spacial score (nSPS) is 14.4. The number of alkyl halides is 1. The van der Waals surface area contributed by atoms with E-state index in [0.717, 1.165) is 0 Å². The van der Waals surface area contributed by atoms with Gasteiger partial charge in [-0.25, -0.2) is 0 Å². The molecule has 0 N–H and O–H groups in total. The van der Waals surface area contributed by atoms with E-state index in [2.05, 4.69) is 72.2 Å². The number of hydrogen-bond donors (Lipinski definition) is 0. The van der Waals surface area contributed by atoms with Gasteiger partial charge >= 0.3 is 0 Å². The summed E-state index contributed by atoms with van der Waals surface area (Å²) in [6.45, 7) is 4.48. The average Bonchev–Trinajstić information content (AvgIpc) is 2.84. The molecule has 0 aliphatic carbocycles. The van der Waals surface area contributed by atoms with Gasteiger partial charge in [0.2, 0.25) is 0 Å². The number of rotatable bonds is 4. The van der Waals surface area contributed by atoms with Gasteiger partial charge in [0, 0.05) is 0 Å². The van der Waals surface area contributed by atoms with E-state index in [4.69, 9.17) is 11.6 Å². The first kappa shape index (κ1) is 14.4. The van der Waals surface area contributed by atoms with Crippen molar-refractivity contribution in [3.05, 3.63) is 55.3 Å². The largest absolute Gasteiger partial charge is 0.137 e. The Labute approximate surface area is 132 Å². The lowest BCUT2D eigenvalue weighted by molar-refractivity contribution is 0.733. The molecule has 0 fully saturated rings. The van der Waals surface area contributed by atoms with Gasteiger partial charge in [-0.05, 0) is 63.1 Å². The van der Waals surface area contributed by atoms with Gasteiger partial charge in [0.1, 0.15) is 0 Å². The van der Waals surface area contributed by atoms with Crippen molar-refractivity contribution in [1.29, 1.82) is 0 Å². The van der Waals surface area contributed by atoms with Gasteiger partial charge in [0.25, 0.3) is 0 Å². The first-order valence-electron chi connectivity index (χ1n) is 6.09. The fourth-order valence-corrected chi connectivity index (χ4v) is 3.62. The molecule has 2 aromatic rings. The molecule has 18 heavy (non-hydrogen) atoms. The summed E-state index contributed by atoms with van der Waals surface area (Å²) in [6.07, 6.45) is 1.17. The molecule has 2 rings (SSSR count). The molecule has 1 heterocycles. The van der Waals surface area contributed by atoms with Gasteiger partial charge in [-0.3, -0.25) is 0 Å². The summed E-state index contributed by atoms with van der Waals surface area (Å²) in [4.78, 5) is 0. The van der Waals surface area contributed by atoms with Crippen molar-refractivity contribution < 1.29 is 0 Å². The highest BCUT2D eigenvalue weighted by Gasteiger charge is 2.13. The summed E-state index contributed by atoms with van der Waals surface area (Å²) < 4.78 is 1.28. The van der Waals surface area contributed by atoms with Crippen LogP contribution < -0.4 is 0 Å². The van der Waals surface area contributed by atoms with E-state index in [0.29, 0.717) is 5.92 Å². The second kappa shape index (κ2) is 6.40. The lowest BCUT2D eigenvalue weighted by atomic mass is 9.96. The van der Waals surface area contributed by atoms with Gasteiger partial charge < -0.3 is 0 Å². The summed E-state index contributed by atoms with van der Waals surface area (Å²) in [5.41, 5.74) is 3.77. The van der Waals surface area contributed by atoms with E-state index in [1.165, 1.54) is 26.0 Å². The fourth-order valence-electron chi connectivity index (χ4n) is 1.88. The maximum absolute atomic E-state index is 6.51. The van der Waals surface area contributed by atoms with Crippen LogP contribution in [0, 0.1) is 2.88 Å². The highest BCUT2D eigenvalue weighted by Crippen LogP contribution is 2.33. The molecule has 0 amide bonds. The molecule has 3 heteroatoms. The molecule has 2 unspecified atom stereocenters. The molecule has 2 atom stereocenters. The number of thiophene rings is 1. The van der Waals surface area contributed by atoms with E-state index in [1.807, 2.05) is 0 Å². The predicted octanol–water partition coefficient (Wildman–Crippen LogP) is 6.19. The quantitative estimate of drug-likeness (QED) is 0.431. The van der Waals surface area contributed by atoms with E-state index in [-0.39, 0.29) is 5.38 Å². The highest BCUT2D eigenvalue weighted by molar-refractivity contribution is 14.1. The number of hydrogen-bond acceptors (Lipinski definition) is 1. The molecule has 0 saturated carbocycles. The summed E-state index contributed by atoms with van der Waals surface area (Å²) in [6, 6.07) is 10.9. The summed E-state index contributed by atoms with van der Waals surface area (Å²) >= 11 is 10.6. The molecular formula is C15H16ClIS. The Bertz CT molecular complexity index is 503. The van der Waals surface area contributed by atoms with Crippen LogP contribution in [-0.4, -0.2) is 0 Å². The minimum Gasteiger partial charge on any atom is -0.137 e. The fraction of sp³-hybridized carbons (Fsp3) is 0.333. The monoisotopic (exact) mass is 390 g/mol. The Morgan fingerprint density at radius 1 is 1.17 bits per heavy atom. The first-order valence-corrected chi connectivity index (χ1v) is 8.49. The van der Waals surface area contributed by atoms with E-state index in [1.54, 1.807) is 11.3 Å². The summed E-state index contributed by atoms with van der Waals surface area (Å²) in [5.74, 6) is 0.620. The lowest BCUT2D eigenvalue weighted by Crippen LogP contribution is -1.94. The van der Waals surface area contributed by atoms with Gasteiger partial charge in [-0.1, -0.05) is 38.1 Å². The Morgan fingerprint density at radius 2 is 1.78 bits per heavy atom. The van der Waals surface area contributed by atoms with Gasteiger partial charge in [0.05, 0.1) is 8.26 Å². The molecule has 0 bridgehead atoms. The molecule has 0 saturated heterocycles. The number of benzene rings is 1. The van der Waals surface area contributed by atoms with Crippen LogP contribution in [0.25, 0.3) is 0 Å². The zero-order chi connectivity index (χ0) is 13.1. The molecule has 0 radical (unpaired) electrons. The summed E-state index contributed by atoms with van der Waals surface area (Å²) in [7, 11) is 0. The predicted molar refractivity (Wildman–Crippen MR) is 89.9 cm³/mol. The van der Waals surface area contributed by atoms with Crippen molar-refractivity contribution in [2.24, 2.45) is 0 Å². The third-order valence-corrected chi connectivity index (χ3v) is 5.60. The van der Waals surface area contributed by atoms with Crippen LogP contribution in [0.5, 0.6) is 0 Å². The van der Waals surface area contributed by atoms with Crippen LogP contribution in [0.1, 0.15) is 48.3 Å². The Balaban J connectivity index is 2.19. The standard InChI is InChI=1S/C15H16ClIS/c1-3-10(2)11-4-6-12(7-5-11)15(16)13-8-14(17)18-9-13/h4-10,15H,3H2,1-2H3. The van der Waals surface area contributed by atoms with Crippen LogP contribution in [0.4, 0.5) is 0 Å². The second-order valence-electron chi connectivity index (χ2n) is 4.52. The van der Waals surface area contributed by atoms with Gasteiger partial charge in [0.15, 0.2) is 0 Å². The zero-order valence-electron chi connectivity index (χ0n) is 10.5. The van der Waals surface area contributed by atoms with Crippen molar-refractivity contribution in [1.82, 2.24) is 0 Å². The molecule has 0 spiro atoms. The van der Waals surface area contributed by atoms with Crippen molar-refractivity contribution in [2.75, 3.05) is 0 Å². The molecule has 96 valence electrons. The van der Waals surface area contributed by atoms with E-state index < -0.39 is 0 Å². The molecule has 0 nitrogen and oxygen atoms in total. The molecular weight excluding hydrogens is 375 g/mol. The highest BCUT2D eigenvalue weighted by atomic mass is 127. The average molecular weight is 391 g/mol. The van der Waals surface area contributed by atoms with Crippen LogP contribution in [0.15, 0.2) is 35.7 Å². The molecule has 1 aromatic carbocycles. The van der Waals surface area contributed by atoms with Gasteiger partial charge in [-0.15, -0.1) is 22.9 Å². The van der Waals surface area contributed by atoms with Crippen molar-refractivity contribution in [3.63, 3.8) is 0 Å². The van der Waals surface area contributed by atoms with E-state index in [9.17, 15) is 0 Å². The molecule has 0 aliphatic heterocycles. The second-order valence-corrected chi connectivity index (χ2v) is 7.76. The lowest BCUT2D eigenvalue weighted by Gasteiger charge is -2.12. The SMILES string of the molecule is CCC(C)c1ccc(C(Cl)c2csc(I)c2)cc1. The third-order valence-electron chi connectivity index (χ3n) is 3.29. The third kappa shape index (κ3) is 3.28. The van der Waals surface area contributed by atoms with Crippen molar-refractivity contribution in [2.45, 2.75) is 31.6 Å². The maximum atomic E-state index is 6.51. The Kier molecular flexibility index (Phi) is 5.10. The van der Waals surface area contributed by atoms with Crippen LogP contribution >= 0.6 is 45.5 Å². The minimum atomic E-state index is -0.0317. The maximum Gasteiger partial charge on any atom is 0.0843 e. The zero-order valence-corrected chi connectivity index (χ0v) is 14.2. The number of halogens is 2. The molecule has 0 aliphatic rings.